The SMILES string of the molecule is CC1CN(Cc2ccc(C(=O)NCC3CNCC3O)cc2)CC(C)O1. The molecular weight excluding hydrogens is 318 g/mol. The van der Waals surface area contributed by atoms with Crippen molar-refractivity contribution >= 4 is 5.91 Å². The van der Waals surface area contributed by atoms with E-state index < -0.39 is 0 Å². The number of morpholine rings is 1. The van der Waals surface area contributed by atoms with Gasteiger partial charge < -0.3 is 20.5 Å². The lowest BCUT2D eigenvalue weighted by molar-refractivity contribution is -0.0704. The number of aliphatic hydroxyl groups is 1. The first-order valence-electron chi connectivity index (χ1n) is 9.15. The minimum Gasteiger partial charge on any atom is -0.391 e. The second kappa shape index (κ2) is 8.27. The van der Waals surface area contributed by atoms with Gasteiger partial charge in [0.2, 0.25) is 0 Å². The van der Waals surface area contributed by atoms with Crippen molar-refractivity contribution in [2.45, 2.75) is 38.7 Å². The number of aliphatic hydroxyl groups excluding tert-OH is 1. The molecule has 0 radical (unpaired) electrons. The Morgan fingerprint density at radius 2 is 1.92 bits per heavy atom. The Balaban J connectivity index is 1.50. The Morgan fingerprint density at radius 1 is 1.24 bits per heavy atom. The molecule has 138 valence electrons. The van der Waals surface area contributed by atoms with Gasteiger partial charge in [-0.2, -0.15) is 0 Å². The van der Waals surface area contributed by atoms with Crippen molar-refractivity contribution in [3.05, 3.63) is 35.4 Å². The monoisotopic (exact) mass is 347 g/mol. The number of nitrogens with one attached hydrogen (secondary N) is 2. The van der Waals surface area contributed by atoms with Gasteiger partial charge in [-0.05, 0) is 31.5 Å². The van der Waals surface area contributed by atoms with E-state index in [1.165, 1.54) is 5.56 Å². The summed E-state index contributed by atoms with van der Waals surface area (Å²) in [6, 6.07) is 7.79. The molecule has 3 N–H and O–H groups in total. The highest BCUT2D eigenvalue weighted by molar-refractivity contribution is 5.94. The number of hydrogen-bond acceptors (Lipinski definition) is 5. The first-order chi connectivity index (χ1) is 12.0. The van der Waals surface area contributed by atoms with Crippen LogP contribution in [0.25, 0.3) is 0 Å². The van der Waals surface area contributed by atoms with Gasteiger partial charge in [-0.25, -0.2) is 0 Å². The minimum atomic E-state index is -0.374. The van der Waals surface area contributed by atoms with Crippen LogP contribution >= 0.6 is 0 Å². The summed E-state index contributed by atoms with van der Waals surface area (Å²) in [7, 11) is 0. The summed E-state index contributed by atoms with van der Waals surface area (Å²) in [5.74, 6) is 0.00721. The van der Waals surface area contributed by atoms with Crippen LogP contribution in [-0.2, 0) is 11.3 Å². The maximum Gasteiger partial charge on any atom is 0.251 e. The predicted molar refractivity (Wildman–Crippen MR) is 96.4 cm³/mol. The van der Waals surface area contributed by atoms with Crippen molar-refractivity contribution in [3.8, 4) is 0 Å². The molecule has 2 aliphatic rings. The van der Waals surface area contributed by atoms with E-state index in [4.69, 9.17) is 4.74 Å². The molecule has 4 atom stereocenters. The van der Waals surface area contributed by atoms with E-state index in [9.17, 15) is 9.90 Å². The van der Waals surface area contributed by atoms with Gasteiger partial charge in [0, 0.05) is 50.7 Å². The number of rotatable bonds is 5. The number of carbonyl (C=O) groups is 1. The van der Waals surface area contributed by atoms with Gasteiger partial charge in [0.15, 0.2) is 0 Å². The van der Waals surface area contributed by atoms with E-state index in [2.05, 4.69) is 29.4 Å². The van der Waals surface area contributed by atoms with E-state index in [0.29, 0.717) is 18.7 Å². The van der Waals surface area contributed by atoms with E-state index >= 15 is 0 Å². The first-order valence-corrected chi connectivity index (χ1v) is 9.15. The highest BCUT2D eigenvalue weighted by Gasteiger charge is 2.25. The molecule has 6 nitrogen and oxygen atoms in total. The van der Waals surface area contributed by atoms with Gasteiger partial charge in [0.05, 0.1) is 18.3 Å². The van der Waals surface area contributed by atoms with Crippen LogP contribution in [-0.4, -0.2) is 66.9 Å². The number of benzene rings is 1. The highest BCUT2D eigenvalue weighted by atomic mass is 16.5. The molecule has 0 saturated carbocycles. The molecule has 1 aromatic rings. The van der Waals surface area contributed by atoms with Crippen LogP contribution in [0, 0.1) is 5.92 Å². The molecular formula is C19H29N3O3. The number of carbonyl (C=O) groups excluding carboxylic acids is 1. The molecule has 4 unspecified atom stereocenters. The molecule has 2 fully saturated rings. The predicted octanol–water partition coefficient (Wildman–Crippen LogP) is 0.606. The van der Waals surface area contributed by atoms with Crippen LogP contribution in [0.3, 0.4) is 0 Å². The van der Waals surface area contributed by atoms with Crippen molar-refractivity contribution in [1.29, 1.82) is 0 Å². The van der Waals surface area contributed by atoms with Gasteiger partial charge in [0.25, 0.3) is 5.91 Å². The lowest BCUT2D eigenvalue weighted by Crippen LogP contribution is -2.44. The number of ether oxygens (including phenoxy) is 1. The topological polar surface area (TPSA) is 73.8 Å². The van der Waals surface area contributed by atoms with Crippen molar-refractivity contribution in [2.75, 3.05) is 32.7 Å². The second-order valence-electron chi connectivity index (χ2n) is 7.34. The fourth-order valence-corrected chi connectivity index (χ4v) is 3.69. The smallest absolute Gasteiger partial charge is 0.251 e. The van der Waals surface area contributed by atoms with Crippen molar-refractivity contribution < 1.29 is 14.6 Å². The molecule has 1 amide bonds. The second-order valence-corrected chi connectivity index (χ2v) is 7.34. The molecule has 1 aromatic carbocycles. The van der Waals surface area contributed by atoms with Crippen LogP contribution < -0.4 is 10.6 Å². The van der Waals surface area contributed by atoms with Gasteiger partial charge in [-0.1, -0.05) is 12.1 Å². The standard InChI is InChI=1S/C19H29N3O3/c1-13-10-22(11-14(2)25-13)12-15-3-5-16(6-4-15)19(24)21-8-17-7-20-9-18(17)23/h3-6,13-14,17-18,20,23H,7-12H2,1-2H3,(H,21,24). The Kier molecular flexibility index (Phi) is 6.06. The van der Waals surface area contributed by atoms with Crippen molar-refractivity contribution in [1.82, 2.24) is 15.5 Å². The molecule has 3 rings (SSSR count). The van der Waals surface area contributed by atoms with Crippen LogP contribution in [0.2, 0.25) is 0 Å². The molecule has 2 aliphatic heterocycles. The summed E-state index contributed by atoms with van der Waals surface area (Å²) in [6.07, 6.45) is 0.143. The summed E-state index contributed by atoms with van der Waals surface area (Å²) >= 11 is 0. The molecule has 25 heavy (non-hydrogen) atoms. The number of amides is 1. The lowest BCUT2D eigenvalue weighted by atomic mass is 10.1. The summed E-state index contributed by atoms with van der Waals surface area (Å²) in [6.45, 7) is 8.80. The molecule has 6 heteroatoms. The molecule has 0 aliphatic carbocycles. The molecule has 0 aromatic heterocycles. The summed E-state index contributed by atoms with van der Waals surface area (Å²) in [5, 5.41) is 15.8. The van der Waals surface area contributed by atoms with Crippen molar-refractivity contribution in [2.24, 2.45) is 5.92 Å². The van der Waals surface area contributed by atoms with Crippen LogP contribution in [0.15, 0.2) is 24.3 Å². The maximum absolute atomic E-state index is 12.3. The third-order valence-corrected chi connectivity index (χ3v) is 4.95. The minimum absolute atomic E-state index is 0.0840. The maximum atomic E-state index is 12.3. The largest absolute Gasteiger partial charge is 0.391 e. The normalized spacial score (nSPS) is 30.4. The van der Waals surface area contributed by atoms with Gasteiger partial charge in [0.1, 0.15) is 0 Å². The van der Waals surface area contributed by atoms with Crippen LogP contribution in [0.4, 0.5) is 0 Å². The zero-order valence-corrected chi connectivity index (χ0v) is 15.1. The quantitative estimate of drug-likeness (QED) is 0.728. The fraction of sp³-hybridized carbons (Fsp3) is 0.632. The average molecular weight is 347 g/mol. The summed E-state index contributed by atoms with van der Waals surface area (Å²) < 4.78 is 5.76. The highest BCUT2D eigenvalue weighted by Crippen LogP contribution is 2.15. The average Bonchev–Trinajstić information content (AvgIpc) is 2.97. The van der Waals surface area contributed by atoms with Crippen molar-refractivity contribution in [3.63, 3.8) is 0 Å². The van der Waals surface area contributed by atoms with E-state index in [1.807, 2.05) is 24.3 Å². The summed E-state index contributed by atoms with van der Waals surface area (Å²) in [4.78, 5) is 14.6. The number of β-amino-alcohol motifs (C(OH)–C–C–N with tert-alkyl or cyclic N) is 1. The third-order valence-electron chi connectivity index (χ3n) is 4.95. The summed E-state index contributed by atoms with van der Waals surface area (Å²) in [5.41, 5.74) is 1.86. The third kappa shape index (κ3) is 5.01. The zero-order valence-electron chi connectivity index (χ0n) is 15.1. The Morgan fingerprint density at radius 3 is 2.52 bits per heavy atom. The van der Waals surface area contributed by atoms with Crippen LogP contribution in [0.1, 0.15) is 29.8 Å². The first kappa shape index (κ1) is 18.3. The van der Waals surface area contributed by atoms with Crippen LogP contribution in [0.5, 0.6) is 0 Å². The van der Waals surface area contributed by atoms with Gasteiger partial charge >= 0.3 is 0 Å². The molecule has 2 heterocycles. The Labute approximate surface area is 149 Å². The zero-order chi connectivity index (χ0) is 17.8. The Bertz CT molecular complexity index is 568. The van der Waals surface area contributed by atoms with E-state index in [1.54, 1.807) is 0 Å². The number of nitrogens with zero attached hydrogens (tertiary/aromatic N) is 1. The lowest BCUT2D eigenvalue weighted by Gasteiger charge is -2.35. The van der Waals surface area contributed by atoms with Gasteiger partial charge in [-0.15, -0.1) is 0 Å². The molecule has 0 bridgehead atoms. The Hall–Kier alpha value is -1.47. The fourth-order valence-electron chi connectivity index (χ4n) is 3.69. The number of hydrogen-bond donors (Lipinski definition) is 3. The molecule has 0 spiro atoms. The van der Waals surface area contributed by atoms with E-state index in [0.717, 1.165) is 26.2 Å². The molecule has 2 saturated heterocycles. The van der Waals surface area contributed by atoms with Gasteiger partial charge in [-0.3, -0.25) is 9.69 Å². The van der Waals surface area contributed by atoms with E-state index in [-0.39, 0.29) is 30.1 Å².